The second kappa shape index (κ2) is 5.72. The molecule has 1 aromatic heterocycles. The quantitative estimate of drug-likeness (QED) is 0.787. The maximum atomic E-state index is 12.6. The summed E-state index contributed by atoms with van der Waals surface area (Å²) in [6.07, 6.45) is 6.44. The molecule has 1 atom stereocenters. The lowest BCUT2D eigenvalue weighted by atomic mass is 9.98. The van der Waals surface area contributed by atoms with E-state index in [0.717, 1.165) is 25.9 Å². The SMILES string of the molecule is CC(C)N1C(=O)N[C@]2(CCN(CCCc3cn[nH]c3)C2)C1=O. The molecule has 7 heteroatoms. The van der Waals surface area contributed by atoms with Crippen LogP contribution in [0.15, 0.2) is 12.4 Å². The second-order valence-corrected chi connectivity index (χ2v) is 6.52. The van der Waals surface area contributed by atoms with E-state index in [1.165, 1.54) is 10.5 Å². The number of amides is 3. The van der Waals surface area contributed by atoms with E-state index in [-0.39, 0.29) is 18.0 Å². The first-order valence-electron chi connectivity index (χ1n) is 7.88. The number of nitrogens with zero attached hydrogens (tertiary/aromatic N) is 3. The molecule has 3 rings (SSSR count). The van der Waals surface area contributed by atoms with E-state index in [1.54, 1.807) is 0 Å². The minimum Gasteiger partial charge on any atom is -0.322 e. The molecule has 2 N–H and O–H groups in total. The summed E-state index contributed by atoms with van der Waals surface area (Å²) in [5.41, 5.74) is 0.502. The number of imide groups is 1. The van der Waals surface area contributed by atoms with Gasteiger partial charge in [-0.05, 0) is 45.2 Å². The van der Waals surface area contributed by atoms with Crippen molar-refractivity contribution in [3.63, 3.8) is 0 Å². The summed E-state index contributed by atoms with van der Waals surface area (Å²) in [7, 11) is 0. The molecule has 0 bridgehead atoms. The number of nitrogens with one attached hydrogen (secondary N) is 2. The highest BCUT2D eigenvalue weighted by atomic mass is 16.2. The van der Waals surface area contributed by atoms with Gasteiger partial charge in [0.05, 0.1) is 6.20 Å². The predicted octanol–water partition coefficient (Wildman–Crippen LogP) is 0.747. The third-order valence-corrected chi connectivity index (χ3v) is 4.55. The summed E-state index contributed by atoms with van der Waals surface area (Å²) in [6.45, 7) is 6.13. The van der Waals surface area contributed by atoms with Crippen molar-refractivity contribution in [1.82, 2.24) is 25.3 Å². The number of hydrogen-bond donors (Lipinski definition) is 2. The monoisotopic (exact) mass is 305 g/mol. The summed E-state index contributed by atoms with van der Waals surface area (Å²) < 4.78 is 0. The number of rotatable bonds is 5. The number of aromatic amines is 1. The molecule has 0 unspecified atom stereocenters. The Morgan fingerprint density at radius 3 is 2.86 bits per heavy atom. The number of aryl methyl sites for hydroxylation is 1. The summed E-state index contributed by atoms with van der Waals surface area (Å²) in [5, 5.41) is 9.68. The Kier molecular flexibility index (Phi) is 3.90. The third kappa shape index (κ3) is 2.61. The van der Waals surface area contributed by atoms with Crippen LogP contribution in [0, 0.1) is 0 Å². The Labute approximate surface area is 130 Å². The average Bonchev–Trinajstić information content (AvgIpc) is 3.13. The summed E-state index contributed by atoms with van der Waals surface area (Å²) in [6, 6.07) is -0.345. The molecule has 0 aliphatic carbocycles. The van der Waals surface area contributed by atoms with E-state index < -0.39 is 5.54 Å². The van der Waals surface area contributed by atoms with E-state index >= 15 is 0 Å². The largest absolute Gasteiger partial charge is 0.325 e. The zero-order chi connectivity index (χ0) is 15.7. The highest BCUT2D eigenvalue weighted by Gasteiger charge is 2.54. The van der Waals surface area contributed by atoms with Gasteiger partial charge in [-0.3, -0.25) is 14.8 Å². The maximum Gasteiger partial charge on any atom is 0.325 e. The molecule has 3 heterocycles. The number of likely N-dealkylation sites (tertiary alicyclic amines) is 1. The van der Waals surface area contributed by atoms with Crippen molar-refractivity contribution in [3.8, 4) is 0 Å². The van der Waals surface area contributed by atoms with Gasteiger partial charge in [0.1, 0.15) is 5.54 Å². The lowest BCUT2D eigenvalue weighted by Gasteiger charge is -2.23. The fourth-order valence-corrected chi connectivity index (χ4v) is 3.39. The molecule has 2 aliphatic heterocycles. The van der Waals surface area contributed by atoms with Gasteiger partial charge in [-0.25, -0.2) is 4.79 Å². The van der Waals surface area contributed by atoms with Gasteiger partial charge in [-0.15, -0.1) is 0 Å². The highest BCUT2D eigenvalue weighted by molar-refractivity contribution is 6.07. The summed E-state index contributed by atoms with van der Waals surface area (Å²) >= 11 is 0. The van der Waals surface area contributed by atoms with Crippen LogP contribution < -0.4 is 5.32 Å². The normalized spacial score (nSPS) is 25.7. The van der Waals surface area contributed by atoms with Crippen LogP contribution in [-0.4, -0.2) is 63.2 Å². The highest BCUT2D eigenvalue weighted by Crippen LogP contribution is 2.29. The summed E-state index contributed by atoms with van der Waals surface area (Å²) in [4.78, 5) is 28.2. The van der Waals surface area contributed by atoms with Gasteiger partial charge in [-0.1, -0.05) is 0 Å². The predicted molar refractivity (Wildman–Crippen MR) is 81.2 cm³/mol. The van der Waals surface area contributed by atoms with Crippen LogP contribution in [0.1, 0.15) is 32.3 Å². The molecule has 2 saturated heterocycles. The molecule has 3 amide bonds. The van der Waals surface area contributed by atoms with Crippen molar-refractivity contribution in [1.29, 1.82) is 0 Å². The lowest BCUT2D eigenvalue weighted by Crippen LogP contribution is -2.49. The van der Waals surface area contributed by atoms with Gasteiger partial charge >= 0.3 is 6.03 Å². The van der Waals surface area contributed by atoms with E-state index in [0.29, 0.717) is 13.0 Å². The Balaban J connectivity index is 1.55. The number of urea groups is 1. The van der Waals surface area contributed by atoms with Crippen LogP contribution in [0.2, 0.25) is 0 Å². The molecule has 0 saturated carbocycles. The van der Waals surface area contributed by atoms with Crippen molar-refractivity contribution in [3.05, 3.63) is 18.0 Å². The van der Waals surface area contributed by atoms with E-state index in [1.807, 2.05) is 26.2 Å². The topological polar surface area (TPSA) is 81.3 Å². The molecule has 120 valence electrons. The molecule has 0 aromatic carbocycles. The zero-order valence-electron chi connectivity index (χ0n) is 13.1. The fraction of sp³-hybridized carbons (Fsp3) is 0.667. The number of carbonyl (C=O) groups is 2. The molecule has 22 heavy (non-hydrogen) atoms. The lowest BCUT2D eigenvalue weighted by molar-refractivity contribution is -0.132. The standard InChI is InChI=1S/C15H23N5O2/c1-11(2)20-13(21)15(18-14(20)22)5-7-19(10-15)6-3-4-12-8-16-17-9-12/h8-9,11H,3-7,10H2,1-2H3,(H,16,17)(H,18,22)/t15-/m0/s1. The molecular weight excluding hydrogens is 282 g/mol. The molecule has 7 nitrogen and oxygen atoms in total. The molecule has 2 fully saturated rings. The van der Waals surface area contributed by atoms with Crippen LogP contribution in [0.4, 0.5) is 4.79 Å². The number of H-pyrrole nitrogens is 1. The zero-order valence-corrected chi connectivity index (χ0v) is 13.1. The van der Waals surface area contributed by atoms with Crippen LogP contribution in [0.3, 0.4) is 0 Å². The number of carbonyl (C=O) groups excluding carboxylic acids is 2. The molecule has 2 aliphatic rings. The van der Waals surface area contributed by atoms with Gasteiger partial charge < -0.3 is 10.2 Å². The minimum absolute atomic E-state index is 0.0650. The Hall–Kier alpha value is -1.89. The average molecular weight is 305 g/mol. The van der Waals surface area contributed by atoms with Gasteiger partial charge in [0, 0.05) is 25.3 Å². The van der Waals surface area contributed by atoms with Crippen molar-refractivity contribution in [2.75, 3.05) is 19.6 Å². The van der Waals surface area contributed by atoms with Crippen LogP contribution in [0.25, 0.3) is 0 Å². The Morgan fingerprint density at radius 2 is 2.23 bits per heavy atom. The first-order valence-corrected chi connectivity index (χ1v) is 7.88. The van der Waals surface area contributed by atoms with Gasteiger partial charge in [0.25, 0.3) is 5.91 Å². The Bertz CT molecular complexity index is 556. The number of aromatic nitrogens is 2. The smallest absolute Gasteiger partial charge is 0.322 e. The van der Waals surface area contributed by atoms with Crippen molar-refractivity contribution in [2.24, 2.45) is 0 Å². The maximum absolute atomic E-state index is 12.6. The molecule has 1 aromatic rings. The first-order chi connectivity index (χ1) is 10.5. The van der Waals surface area contributed by atoms with E-state index in [9.17, 15) is 9.59 Å². The van der Waals surface area contributed by atoms with Gasteiger partial charge in [0.2, 0.25) is 0 Å². The van der Waals surface area contributed by atoms with E-state index in [2.05, 4.69) is 20.4 Å². The molecular formula is C15H23N5O2. The fourth-order valence-electron chi connectivity index (χ4n) is 3.39. The molecule has 1 spiro atoms. The van der Waals surface area contributed by atoms with E-state index in [4.69, 9.17) is 0 Å². The first kappa shape index (κ1) is 15.0. The third-order valence-electron chi connectivity index (χ3n) is 4.55. The minimum atomic E-state index is -0.697. The van der Waals surface area contributed by atoms with Crippen molar-refractivity contribution >= 4 is 11.9 Å². The Morgan fingerprint density at radius 1 is 1.41 bits per heavy atom. The second-order valence-electron chi connectivity index (χ2n) is 6.52. The van der Waals surface area contributed by atoms with Crippen molar-refractivity contribution in [2.45, 2.75) is 44.7 Å². The number of hydrogen-bond acceptors (Lipinski definition) is 4. The molecule has 0 radical (unpaired) electrons. The van der Waals surface area contributed by atoms with Gasteiger partial charge in [-0.2, -0.15) is 5.10 Å². The summed E-state index contributed by atoms with van der Waals surface area (Å²) in [5.74, 6) is -0.0650. The van der Waals surface area contributed by atoms with Crippen LogP contribution >= 0.6 is 0 Å². The van der Waals surface area contributed by atoms with Crippen LogP contribution in [-0.2, 0) is 11.2 Å². The van der Waals surface area contributed by atoms with Crippen LogP contribution in [0.5, 0.6) is 0 Å². The van der Waals surface area contributed by atoms with Gasteiger partial charge in [0.15, 0.2) is 0 Å². The van der Waals surface area contributed by atoms with Crippen molar-refractivity contribution < 1.29 is 9.59 Å².